The van der Waals surface area contributed by atoms with Gasteiger partial charge >= 0.3 is 0 Å². The molecule has 2 aromatic heterocycles. The van der Waals surface area contributed by atoms with Crippen LogP contribution in [0.5, 0.6) is 0 Å². The van der Waals surface area contributed by atoms with E-state index < -0.39 is 0 Å². The molecule has 1 aromatic carbocycles. The minimum Gasteiger partial charge on any atom is -0.350 e. The van der Waals surface area contributed by atoms with Crippen LogP contribution < -0.4 is 10.9 Å². The molecule has 0 aliphatic heterocycles. The van der Waals surface area contributed by atoms with Crippen LogP contribution in [0.2, 0.25) is 0 Å². The second-order valence-electron chi connectivity index (χ2n) is 5.88. The molecule has 24 heavy (non-hydrogen) atoms. The molecule has 122 valence electrons. The first kappa shape index (κ1) is 14.6. The molecule has 4 rings (SSSR count). The van der Waals surface area contributed by atoms with Gasteiger partial charge in [-0.3, -0.25) is 9.59 Å². The highest BCUT2D eigenvalue weighted by molar-refractivity contribution is 5.97. The highest BCUT2D eigenvalue weighted by Crippen LogP contribution is 2.38. The van der Waals surface area contributed by atoms with Crippen molar-refractivity contribution in [2.75, 3.05) is 6.54 Å². The van der Waals surface area contributed by atoms with Crippen LogP contribution in [0.1, 0.15) is 34.8 Å². The van der Waals surface area contributed by atoms with Crippen LogP contribution in [0.4, 0.5) is 0 Å². The molecule has 2 N–H and O–H groups in total. The van der Waals surface area contributed by atoms with Gasteiger partial charge in [-0.15, -0.1) is 0 Å². The lowest BCUT2D eigenvalue weighted by Gasteiger charge is -2.08. The number of aromatic amines is 1. The smallest absolute Gasteiger partial charge is 0.266 e. The third kappa shape index (κ3) is 2.90. The number of benzene rings is 1. The summed E-state index contributed by atoms with van der Waals surface area (Å²) < 4.78 is 1.41. The number of amides is 1. The first-order valence-corrected chi connectivity index (χ1v) is 7.87. The Morgan fingerprint density at radius 1 is 1.21 bits per heavy atom. The molecule has 1 aliphatic rings. The van der Waals surface area contributed by atoms with E-state index in [1.165, 1.54) is 4.68 Å². The van der Waals surface area contributed by atoms with E-state index in [1.54, 1.807) is 30.3 Å². The Morgan fingerprint density at radius 3 is 2.88 bits per heavy atom. The summed E-state index contributed by atoms with van der Waals surface area (Å²) in [5.74, 6) is 0.270. The molecule has 8 heteroatoms. The second-order valence-corrected chi connectivity index (χ2v) is 5.88. The van der Waals surface area contributed by atoms with Crippen molar-refractivity contribution in [3.63, 3.8) is 0 Å². The topological polar surface area (TPSA) is 106 Å². The Kier molecular flexibility index (Phi) is 3.56. The molecule has 0 bridgehead atoms. The molecule has 0 spiro atoms. The summed E-state index contributed by atoms with van der Waals surface area (Å²) in [5.41, 5.74) is 2.65. The quantitative estimate of drug-likeness (QED) is 0.723. The van der Waals surface area contributed by atoms with Crippen LogP contribution in [0.15, 0.2) is 35.1 Å². The average Bonchev–Trinajstić information content (AvgIpc) is 3.33. The standard InChI is InChI=1S/C16H16N6O2/c23-15-6-5-12(10-1-2-10)20-22(15)8-7-17-16(24)11-3-4-13-14(9-11)19-21-18-13/h3-6,9-10H,1-2,7-8H2,(H,17,24)(H,18,19,21). The zero-order valence-electron chi connectivity index (χ0n) is 12.9. The van der Waals surface area contributed by atoms with Crippen molar-refractivity contribution in [2.45, 2.75) is 25.3 Å². The maximum Gasteiger partial charge on any atom is 0.266 e. The Bertz CT molecular complexity index is 956. The summed E-state index contributed by atoms with van der Waals surface area (Å²) in [4.78, 5) is 24.0. The van der Waals surface area contributed by atoms with Gasteiger partial charge in [-0.2, -0.15) is 20.5 Å². The van der Waals surface area contributed by atoms with E-state index in [0.717, 1.165) is 18.5 Å². The molecule has 0 radical (unpaired) electrons. The summed E-state index contributed by atoms with van der Waals surface area (Å²) in [6.07, 6.45) is 2.26. The van der Waals surface area contributed by atoms with Gasteiger partial charge in [-0.25, -0.2) is 4.68 Å². The molecule has 1 fully saturated rings. The fourth-order valence-corrected chi connectivity index (χ4v) is 2.58. The first-order chi connectivity index (χ1) is 11.7. The largest absolute Gasteiger partial charge is 0.350 e. The van der Waals surface area contributed by atoms with Crippen molar-refractivity contribution in [1.29, 1.82) is 0 Å². The molecule has 0 unspecified atom stereocenters. The Labute approximate surface area is 136 Å². The van der Waals surface area contributed by atoms with E-state index in [0.29, 0.717) is 35.6 Å². The number of nitrogens with zero attached hydrogens (tertiary/aromatic N) is 4. The van der Waals surface area contributed by atoms with Crippen LogP contribution in [0, 0.1) is 0 Å². The second kappa shape index (κ2) is 5.88. The third-order valence-electron chi connectivity index (χ3n) is 4.07. The number of hydrogen-bond acceptors (Lipinski definition) is 5. The number of H-pyrrole nitrogens is 1. The van der Waals surface area contributed by atoms with Crippen LogP contribution in [0.3, 0.4) is 0 Å². The van der Waals surface area contributed by atoms with Gasteiger partial charge in [0, 0.05) is 24.1 Å². The number of fused-ring (bicyclic) bond motifs is 1. The van der Waals surface area contributed by atoms with Gasteiger partial charge in [0.05, 0.1) is 12.2 Å². The van der Waals surface area contributed by atoms with Crippen LogP contribution in [0.25, 0.3) is 11.0 Å². The van der Waals surface area contributed by atoms with Gasteiger partial charge in [0.1, 0.15) is 11.0 Å². The van der Waals surface area contributed by atoms with E-state index in [9.17, 15) is 9.59 Å². The summed E-state index contributed by atoms with van der Waals surface area (Å²) >= 11 is 0. The lowest BCUT2D eigenvalue weighted by Crippen LogP contribution is -2.32. The molecule has 1 saturated carbocycles. The SMILES string of the molecule is O=C(NCCn1nc(C2CC2)ccc1=O)c1ccc2n[nH]nc2c1. The summed E-state index contributed by atoms with van der Waals surface area (Å²) in [6.45, 7) is 0.675. The van der Waals surface area contributed by atoms with Crippen LogP contribution in [-0.2, 0) is 6.54 Å². The van der Waals surface area contributed by atoms with E-state index in [2.05, 4.69) is 25.8 Å². The Balaban J connectivity index is 1.40. The summed E-state index contributed by atoms with van der Waals surface area (Å²) in [6, 6.07) is 8.44. The van der Waals surface area contributed by atoms with Crippen molar-refractivity contribution >= 4 is 16.9 Å². The number of carbonyl (C=O) groups is 1. The molecule has 1 amide bonds. The lowest BCUT2D eigenvalue weighted by molar-refractivity contribution is 0.0952. The first-order valence-electron chi connectivity index (χ1n) is 7.87. The van der Waals surface area contributed by atoms with Crippen molar-refractivity contribution in [1.82, 2.24) is 30.5 Å². The molecule has 1 aliphatic carbocycles. The molecule has 2 heterocycles. The monoisotopic (exact) mass is 324 g/mol. The van der Waals surface area contributed by atoms with E-state index in [4.69, 9.17) is 0 Å². The fourth-order valence-electron chi connectivity index (χ4n) is 2.58. The van der Waals surface area contributed by atoms with Crippen LogP contribution in [-0.4, -0.2) is 37.6 Å². The van der Waals surface area contributed by atoms with Crippen molar-refractivity contribution in [2.24, 2.45) is 0 Å². The van der Waals surface area contributed by atoms with Crippen LogP contribution >= 0.6 is 0 Å². The lowest BCUT2D eigenvalue weighted by atomic mass is 10.2. The molecule has 0 atom stereocenters. The maximum atomic E-state index is 12.2. The van der Waals surface area contributed by atoms with E-state index in [1.807, 2.05) is 0 Å². The predicted octanol–water partition coefficient (Wildman–Crippen LogP) is 0.822. The number of carbonyl (C=O) groups excluding carboxylic acids is 1. The Hall–Kier alpha value is -3.03. The van der Waals surface area contributed by atoms with Gasteiger partial charge < -0.3 is 5.32 Å². The third-order valence-corrected chi connectivity index (χ3v) is 4.07. The molecular weight excluding hydrogens is 308 g/mol. The number of hydrogen-bond donors (Lipinski definition) is 2. The van der Waals surface area contributed by atoms with Crippen molar-refractivity contribution < 1.29 is 4.79 Å². The zero-order valence-corrected chi connectivity index (χ0v) is 12.9. The van der Waals surface area contributed by atoms with Gasteiger partial charge in [0.15, 0.2) is 0 Å². The molecule has 3 aromatic rings. The highest BCUT2D eigenvalue weighted by atomic mass is 16.2. The number of nitrogens with one attached hydrogen (secondary N) is 2. The predicted molar refractivity (Wildman–Crippen MR) is 86.7 cm³/mol. The van der Waals surface area contributed by atoms with Gasteiger partial charge in [-0.1, -0.05) is 0 Å². The minimum absolute atomic E-state index is 0.155. The fraction of sp³-hybridized carbons (Fsp3) is 0.312. The molecule has 8 nitrogen and oxygen atoms in total. The minimum atomic E-state index is -0.216. The van der Waals surface area contributed by atoms with E-state index in [-0.39, 0.29) is 11.5 Å². The normalized spacial score (nSPS) is 14.0. The molecular formula is C16H16N6O2. The number of rotatable bonds is 5. The van der Waals surface area contributed by atoms with E-state index >= 15 is 0 Å². The summed E-state index contributed by atoms with van der Waals surface area (Å²) in [5, 5.41) is 17.6. The molecule has 0 saturated heterocycles. The van der Waals surface area contributed by atoms with Crippen molar-refractivity contribution in [3.8, 4) is 0 Å². The number of aromatic nitrogens is 5. The zero-order chi connectivity index (χ0) is 16.5. The van der Waals surface area contributed by atoms with Gasteiger partial charge in [0.2, 0.25) is 0 Å². The van der Waals surface area contributed by atoms with Crippen molar-refractivity contribution in [3.05, 3.63) is 51.9 Å². The van der Waals surface area contributed by atoms with Gasteiger partial charge in [-0.05, 0) is 37.1 Å². The maximum absolute atomic E-state index is 12.2. The Morgan fingerprint density at radius 2 is 2.04 bits per heavy atom. The van der Waals surface area contributed by atoms with Gasteiger partial charge in [0.25, 0.3) is 11.5 Å². The summed E-state index contributed by atoms with van der Waals surface area (Å²) in [7, 11) is 0. The highest BCUT2D eigenvalue weighted by Gasteiger charge is 2.25. The average molecular weight is 324 g/mol.